The number of pyridine rings is 1. The maximum Gasteiger partial charge on any atom is 0.258 e. The van der Waals surface area contributed by atoms with Gasteiger partial charge in [-0.2, -0.15) is 0 Å². The highest BCUT2D eigenvalue weighted by Gasteiger charge is 1.80. The standard InChI is InChI=1S/C6H6NO/c1-7-5-3-2-4-6(7)8/h2-3,5H,1H3. The van der Waals surface area contributed by atoms with Crippen molar-refractivity contribution in [2.24, 2.45) is 7.05 Å². The van der Waals surface area contributed by atoms with Gasteiger partial charge in [0.1, 0.15) is 0 Å². The van der Waals surface area contributed by atoms with Gasteiger partial charge in [-0.1, -0.05) is 0 Å². The molecule has 0 atom stereocenters. The van der Waals surface area contributed by atoms with E-state index in [1.165, 1.54) is 4.57 Å². The molecule has 2 heteroatoms. The quantitative estimate of drug-likeness (QED) is 0.465. The minimum absolute atomic E-state index is 0.0903. The zero-order chi connectivity index (χ0) is 5.98. The van der Waals surface area contributed by atoms with Gasteiger partial charge >= 0.3 is 0 Å². The molecule has 0 saturated heterocycles. The third-order valence-electron chi connectivity index (χ3n) is 0.933. The number of aryl methyl sites for hydroxylation is 1. The molecule has 0 aromatic carbocycles. The highest BCUT2D eigenvalue weighted by atomic mass is 16.1. The predicted molar refractivity (Wildman–Crippen MR) is 30.5 cm³/mol. The summed E-state index contributed by atoms with van der Waals surface area (Å²) < 4.78 is 1.47. The second-order valence-electron chi connectivity index (χ2n) is 1.57. The molecule has 1 radical (unpaired) electrons. The predicted octanol–water partition coefficient (Wildman–Crippen LogP) is 0.185. The topological polar surface area (TPSA) is 22.0 Å². The number of hydrogen-bond acceptors (Lipinski definition) is 1. The van der Waals surface area contributed by atoms with Crippen molar-refractivity contribution < 1.29 is 0 Å². The Balaban J connectivity index is 3.35. The summed E-state index contributed by atoms with van der Waals surface area (Å²) in [6, 6.07) is 5.87. The molecule has 0 unspecified atom stereocenters. The second-order valence-corrected chi connectivity index (χ2v) is 1.57. The summed E-state index contributed by atoms with van der Waals surface area (Å²) in [7, 11) is 1.69. The fraction of sp³-hybridized carbons (Fsp3) is 0.167. The third kappa shape index (κ3) is 0.780. The molecule has 0 spiro atoms. The van der Waals surface area contributed by atoms with Gasteiger partial charge in [0.15, 0.2) is 0 Å². The van der Waals surface area contributed by atoms with Crippen molar-refractivity contribution in [1.82, 2.24) is 4.57 Å². The molecule has 8 heavy (non-hydrogen) atoms. The molecule has 0 aliphatic heterocycles. The molecule has 0 aliphatic rings. The minimum atomic E-state index is -0.0903. The third-order valence-corrected chi connectivity index (χ3v) is 0.933. The van der Waals surface area contributed by atoms with E-state index < -0.39 is 0 Å². The van der Waals surface area contributed by atoms with E-state index in [1.54, 1.807) is 25.4 Å². The van der Waals surface area contributed by atoms with E-state index in [-0.39, 0.29) is 5.56 Å². The number of hydrogen-bond donors (Lipinski definition) is 0. The lowest BCUT2D eigenvalue weighted by Gasteiger charge is -1.88. The van der Waals surface area contributed by atoms with Crippen LogP contribution in [0.15, 0.2) is 23.1 Å². The molecule has 2 nitrogen and oxygen atoms in total. The molecule has 0 fully saturated rings. The molecule has 0 saturated carbocycles. The summed E-state index contributed by atoms with van der Waals surface area (Å²) in [4.78, 5) is 10.5. The van der Waals surface area contributed by atoms with E-state index in [0.717, 1.165) is 0 Å². The fourth-order valence-corrected chi connectivity index (χ4v) is 0.461. The Morgan fingerprint density at radius 1 is 1.75 bits per heavy atom. The van der Waals surface area contributed by atoms with Crippen LogP contribution in [0.3, 0.4) is 0 Å². The molecule has 41 valence electrons. The summed E-state index contributed by atoms with van der Waals surface area (Å²) in [5.74, 6) is 0. The van der Waals surface area contributed by atoms with Gasteiger partial charge in [0.05, 0.1) is 6.07 Å². The lowest BCUT2D eigenvalue weighted by molar-refractivity contribution is 0.858. The first-order chi connectivity index (χ1) is 3.80. The van der Waals surface area contributed by atoms with Crippen molar-refractivity contribution in [3.8, 4) is 0 Å². The van der Waals surface area contributed by atoms with Gasteiger partial charge in [0.2, 0.25) is 0 Å². The van der Waals surface area contributed by atoms with Crippen molar-refractivity contribution in [2.45, 2.75) is 0 Å². The minimum Gasteiger partial charge on any atom is -0.318 e. The Morgan fingerprint density at radius 2 is 2.50 bits per heavy atom. The Morgan fingerprint density at radius 3 is 2.88 bits per heavy atom. The van der Waals surface area contributed by atoms with Gasteiger partial charge in [-0.25, -0.2) is 0 Å². The number of nitrogens with zero attached hydrogens (tertiary/aromatic N) is 1. The van der Waals surface area contributed by atoms with Crippen LogP contribution in [0.5, 0.6) is 0 Å². The summed E-state index contributed by atoms with van der Waals surface area (Å²) in [5, 5.41) is 0. The van der Waals surface area contributed by atoms with E-state index in [9.17, 15) is 4.79 Å². The zero-order valence-electron chi connectivity index (χ0n) is 4.59. The molecule has 0 amide bonds. The molecule has 1 aromatic heterocycles. The van der Waals surface area contributed by atoms with Crippen LogP contribution < -0.4 is 5.56 Å². The monoisotopic (exact) mass is 108 g/mol. The Kier molecular flexibility index (Phi) is 1.16. The normalized spacial score (nSPS) is 9.12. The molecule has 0 bridgehead atoms. The largest absolute Gasteiger partial charge is 0.318 e. The Hall–Kier alpha value is -1.05. The van der Waals surface area contributed by atoms with Crippen molar-refractivity contribution in [3.63, 3.8) is 0 Å². The fourth-order valence-electron chi connectivity index (χ4n) is 0.461. The summed E-state index contributed by atoms with van der Waals surface area (Å²) in [5.41, 5.74) is -0.0903. The van der Waals surface area contributed by atoms with Crippen LogP contribution >= 0.6 is 0 Å². The average molecular weight is 108 g/mol. The van der Waals surface area contributed by atoms with Crippen LogP contribution in [0.2, 0.25) is 0 Å². The molecular weight excluding hydrogens is 102 g/mol. The van der Waals surface area contributed by atoms with Gasteiger partial charge in [0, 0.05) is 13.2 Å². The Labute approximate surface area is 47.4 Å². The number of rotatable bonds is 0. The summed E-state index contributed by atoms with van der Waals surface area (Å²) in [6.07, 6.45) is 1.69. The van der Waals surface area contributed by atoms with E-state index in [4.69, 9.17) is 0 Å². The average Bonchev–Trinajstić information content (AvgIpc) is 1.77. The van der Waals surface area contributed by atoms with Gasteiger partial charge in [0.25, 0.3) is 5.56 Å². The van der Waals surface area contributed by atoms with E-state index in [0.29, 0.717) is 0 Å². The van der Waals surface area contributed by atoms with Crippen LogP contribution in [-0.2, 0) is 7.05 Å². The molecule has 1 rings (SSSR count). The van der Waals surface area contributed by atoms with Crippen LogP contribution in [-0.4, -0.2) is 4.57 Å². The van der Waals surface area contributed by atoms with Crippen LogP contribution in [0, 0.1) is 6.07 Å². The van der Waals surface area contributed by atoms with Gasteiger partial charge < -0.3 is 4.57 Å². The van der Waals surface area contributed by atoms with Crippen LogP contribution in [0.4, 0.5) is 0 Å². The van der Waals surface area contributed by atoms with E-state index in [2.05, 4.69) is 6.07 Å². The molecule has 0 aliphatic carbocycles. The van der Waals surface area contributed by atoms with Crippen molar-refractivity contribution in [3.05, 3.63) is 34.7 Å². The van der Waals surface area contributed by atoms with Gasteiger partial charge in [-0.05, 0) is 12.1 Å². The highest BCUT2D eigenvalue weighted by molar-refractivity contribution is 4.89. The van der Waals surface area contributed by atoms with E-state index in [1.807, 2.05) is 0 Å². The van der Waals surface area contributed by atoms with Crippen molar-refractivity contribution in [2.75, 3.05) is 0 Å². The molecule has 0 N–H and O–H groups in total. The second kappa shape index (κ2) is 1.82. The first-order valence-electron chi connectivity index (χ1n) is 2.34. The maximum atomic E-state index is 10.5. The van der Waals surface area contributed by atoms with Crippen LogP contribution in [0.1, 0.15) is 0 Å². The zero-order valence-corrected chi connectivity index (χ0v) is 4.59. The summed E-state index contributed by atoms with van der Waals surface area (Å²) >= 11 is 0. The maximum absolute atomic E-state index is 10.5. The van der Waals surface area contributed by atoms with Crippen molar-refractivity contribution in [1.29, 1.82) is 0 Å². The van der Waals surface area contributed by atoms with Gasteiger partial charge in [-0.3, -0.25) is 4.79 Å². The summed E-state index contributed by atoms with van der Waals surface area (Å²) in [6.45, 7) is 0. The van der Waals surface area contributed by atoms with Crippen LogP contribution in [0.25, 0.3) is 0 Å². The smallest absolute Gasteiger partial charge is 0.258 e. The van der Waals surface area contributed by atoms with Crippen molar-refractivity contribution >= 4 is 0 Å². The SMILES string of the molecule is Cn1ccc[c]c1=O. The highest BCUT2D eigenvalue weighted by Crippen LogP contribution is 1.72. The van der Waals surface area contributed by atoms with Gasteiger partial charge in [-0.15, -0.1) is 0 Å². The first kappa shape index (κ1) is 5.09. The Bertz CT molecular complexity index is 226. The van der Waals surface area contributed by atoms with E-state index >= 15 is 0 Å². The molecule has 1 aromatic rings. The first-order valence-corrected chi connectivity index (χ1v) is 2.34. The number of aromatic nitrogens is 1. The molecular formula is C6H6NO. The molecule has 1 heterocycles. The lowest BCUT2D eigenvalue weighted by atomic mass is 10.5. The lowest BCUT2D eigenvalue weighted by Crippen LogP contribution is -2.13.